The number of hydrazine groups is 1. The fourth-order valence-corrected chi connectivity index (χ4v) is 2.18. The molecule has 0 aromatic heterocycles. The summed E-state index contributed by atoms with van der Waals surface area (Å²) < 4.78 is 18.2. The molecule has 3 N–H and O–H groups in total. The summed E-state index contributed by atoms with van der Waals surface area (Å²) in [5, 5.41) is 2.42. The smallest absolute Gasteiger partial charge is 0.343 e. The average Bonchev–Trinajstić information content (AvgIpc) is 2.60. The number of anilines is 1. The highest BCUT2D eigenvalue weighted by molar-refractivity contribution is 6.34. The summed E-state index contributed by atoms with van der Waals surface area (Å²) in [5.74, 6) is 3.17. The Morgan fingerprint density at radius 1 is 1.16 bits per heavy atom. The lowest BCUT2D eigenvalue weighted by atomic mass is 10.2. The number of nitrogens with two attached hydrogens (primary N) is 1. The third kappa shape index (κ3) is 4.11. The molecule has 0 spiro atoms. The maximum absolute atomic E-state index is 13.7. The van der Waals surface area contributed by atoms with E-state index in [-0.39, 0.29) is 16.3 Å². The van der Waals surface area contributed by atoms with Gasteiger partial charge in [0.1, 0.15) is 5.82 Å². The second-order valence-corrected chi connectivity index (χ2v) is 5.17. The van der Waals surface area contributed by atoms with E-state index in [1.54, 1.807) is 0 Å². The number of carbonyl (C=O) groups is 3. The van der Waals surface area contributed by atoms with Crippen LogP contribution in [0.5, 0.6) is 0 Å². The molecule has 0 heterocycles. The van der Waals surface area contributed by atoms with Crippen LogP contribution in [-0.2, 0) is 4.74 Å². The number of methoxy groups -OCH3 is 1. The summed E-state index contributed by atoms with van der Waals surface area (Å²) >= 11 is 5.76. The normalized spacial score (nSPS) is 10.1. The maximum Gasteiger partial charge on any atom is 0.343 e. The van der Waals surface area contributed by atoms with Crippen LogP contribution >= 0.6 is 11.6 Å². The lowest BCUT2D eigenvalue weighted by molar-refractivity contribution is 0.0600. The molecule has 2 aromatic carbocycles. The Morgan fingerprint density at radius 3 is 2.36 bits per heavy atom. The van der Waals surface area contributed by atoms with Gasteiger partial charge >= 0.3 is 12.0 Å². The minimum atomic E-state index is -1.03. The van der Waals surface area contributed by atoms with Gasteiger partial charge < -0.3 is 4.74 Å². The number of rotatable bonds is 3. The van der Waals surface area contributed by atoms with E-state index in [1.165, 1.54) is 43.5 Å². The van der Waals surface area contributed by atoms with Crippen LogP contribution in [0.3, 0.4) is 0 Å². The molecule has 0 atom stereocenters. The van der Waals surface area contributed by atoms with Crippen LogP contribution in [0, 0.1) is 5.82 Å². The number of hydrogen-bond donors (Lipinski definition) is 2. The van der Waals surface area contributed by atoms with E-state index in [2.05, 4.69) is 4.74 Å². The Bertz CT molecular complexity index is 806. The lowest BCUT2D eigenvalue weighted by Crippen LogP contribution is -2.47. The number of ether oxygens (including phenoxy) is 1. The van der Waals surface area contributed by atoms with Crippen molar-refractivity contribution >= 4 is 35.2 Å². The molecular formula is C16H13ClFN3O4. The van der Waals surface area contributed by atoms with Gasteiger partial charge in [-0.25, -0.2) is 24.8 Å². The molecule has 0 aliphatic carbocycles. The first-order chi connectivity index (χ1) is 11.8. The second kappa shape index (κ2) is 7.73. The summed E-state index contributed by atoms with van der Waals surface area (Å²) in [7, 11) is 1.23. The SMILES string of the molecule is COC(=O)c1ccc(N(N)C(=O)NC(=O)c2c(F)cccc2Cl)cc1. The standard InChI is InChI=1S/C16H13ClFN3O4/c1-25-15(23)9-5-7-10(8-6-9)21(19)16(24)20-14(22)13-11(17)3-2-4-12(13)18/h2-8H,19H2,1H3,(H,20,22,24). The molecular weight excluding hydrogens is 353 g/mol. The fraction of sp³-hybridized carbons (Fsp3) is 0.0625. The number of amides is 3. The van der Waals surface area contributed by atoms with E-state index in [1.807, 2.05) is 5.32 Å². The first-order valence-corrected chi connectivity index (χ1v) is 7.25. The molecule has 3 amide bonds. The van der Waals surface area contributed by atoms with Crippen molar-refractivity contribution in [3.63, 3.8) is 0 Å². The first kappa shape index (κ1) is 18.4. The number of nitrogens with zero attached hydrogens (tertiary/aromatic N) is 1. The molecule has 0 aliphatic rings. The first-order valence-electron chi connectivity index (χ1n) is 6.87. The van der Waals surface area contributed by atoms with Crippen molar-refractivity contribution in [2.45, 2.75) is 0 Å². The zero-order valence-electron chi connectivity index (χ0n) is 13.0. The van der Waals surface area contributed by atoms with Gasteiger partial charge in [-0.05, 0) is 36.4 Å². The van der Waals surface area contributed by atoms with E-state index < -0.39 is 29.3 Å². The molecule has 0 bridgehead atoms. The topological polar surface area (TPSA) is 102 Å². The Balaban J connectivity index is 2.12. The molecule has 2 rings (SSSR count). The van der Waals surface area contributed by atoms with Crippen molar-refractivity contribution < 1.29 is 23.5 Å². The van der Waals surface area contributed by atoms with Gasteiger partial charge in [-0.3, -0.25) is 10.1 Å². The van der Waals surface area contributed by atoms with Crippen LogP contribution in [0.4, 0.5) is 14.9 Å². The van der Waals surface area contributed by atoms with Crippen LogP contribution in [0.2, 0.25) is 5.02 Å². The van der Waals surface area contributed by atoms with Gasteiger partial charge in [0, 0.05) is 0 Å². The van der Waals surface area contributed by atoms with Gasteiger partial charge in [0.2, 0.25) is 0 Å². The van der Waals surface area contributed by atoms with Crippen molar-refractivity contribution in [2.24, 2.45) is 5.84 Å². The van der Waals surface area contributed by atoms with Crippen molar-refractivity contribution in [3.05, 3.63) is 64.4 Å². The van der Waals surface area contributed by atoms with Crippen LogP contribution in [0.1, 0.15) is 20.7 Å². The van der Waals surface area contributed by atoms with Crippen LogP contribution < -0.4 is 16.2 Å². The summed E-state index contributed by atoms with van der Waals surface area (Å²) in [4.78, 5) is 35.4. The van der Waals surface area contributed by atoms with E-state index in [0.29, 0.717) is 5.01 Å². The molecule has 2 aromatic rings. The highest BCUT2D eigenvalue weighted by atomic mass is 35.5. The number of benzene rings is 2. The number of carbonyl (C=O) groups excluding carboxylic acids is 3. The highest BCUT2D eigenvalue weighted by Gasteiger charge is 2.21. The fourth-order valence-electron chi connectivity index (χ4n) is 1.93. The quantitative estimate of drug-likeness (QED) is 0.376. The Morgan fingerprint density at radius 2 is 1.80 bits per heavy atom. The van der Waals surface area contributed by atoms with Crippen molar-refractivity contribution in [3.8, 4) is 0 Å². The van der Waals surface area contributed by atoms with Gasteiger partial charge in [0.25, 0.3) is 5.91 Å². The largest absolute Gasteiger partial charge is 0.465 e. The summed E-state index contributed by atoms with van der Waals surface area (Å²) in [6.45, 7) is 0. The third-order valence-corrected chi connectivity index (χ3v) is 3.51. The second-order valence-electron chi connectivity index (χ2n) is 4.76. The number of esters is 1. The molecule has 9 heteroatoms. The van der Waals surface area contributed by atoms with Gasteiger partial charge in [0.15, 0.2) is 0 Å². The monoisotopic (exact) mass is 365 g/mol. The number of imide groups is 1. The van der Waals surface area contributed by atoms with Gasteiger partial charge in [-0.1, -0.05) is 17.7 Å². The molecule has 0 saturated carbocycles. The molecule has 0 radical (unpaired) electrons. The molecule has 0 saturated heterocycles. The number of nitrogens with one attached hydrogen (secondary N) is 1. The number of halogens is 2. The van der Waals surface area contributed by atoms with Crippen molar-refractivity contribution in [1.82, 2.24) is 5.32 Å². The predicted molar refractivity (Wildman–Crippen MR) is 88.7 cm³/mol. The molecule has 0 unspecified atom stereocenters. The maximum atomic E-state index is 13.7. The minimum absolute atomic E-state index is 0.142. The van der Waals surface area contributed by atoms with E-state index in [4.69, 9.17) is 17.4 Å². The average molecular weight is 366 g/mol. The Hall–Kier alpha value is -2.97. The number of hydrogen-bond acceptors (Lipinski definition) is 5. The molecule has 0 fully saturated rings. The summed E-state index contributed by atoms with van der Waals surface area (Å²) in [5.41, 5.74) is -0.0150. The van der Waals surface area contributed by atoms with E-state index >= 15 is 0 Å². The summed E-state index contributed by atoms with van der Waals surface area (Å²) in [6, 6.07) is 8.23. The molecule has 25 heavy (non-hydrogen) atoms. The van der Waals surface area contributed by atoms with Crippen molar-refractivity contribution in [1.29, 1.82) is 0 Å². The van der Waals surface area contributed by atoms with Crippen LogP contribution in [-0.4, -0.2) is 25.0 Å². The van der Waals surface area contributed by atoms with Crippen LogP contribution in [0.25, 0.3) is 0 Å². The zero-order valence-corrected chi connectivity index (χ0v) is 13.7. The zero-order chi connectivity index (χ0) is 18.6. The number of urea groups is 1. The Labute approximate surface area is 147 Å². The van der Waals surface area contributed by atoms with Gasteiger partial charge in [-0.15, -0.1) is 0 Å². The lowest BCUT2D eigenvalue weighted by Gasteiger charge is -2.17. The van der Waals surface area contributed by atoms with Gasteiger partial charge in [0.05, 0.1) is 28.9 Å². The summed E-state index contributed by atoms with van der Waals surface area (Å²) in [6.07, 6.45) is 0. The molecule has 7 nitrogen and oxygen atoms in total. The van der Waals surface area contributed by atoms with E-state index in [0.717, 1.165) is 6.07 Å². The highest BCUT2D eigenvalue weighted by Crippen LogP contribution is 2.19. The van der Waals surface area contributed by atoms with Crippen molar-refractivity contribution in [2.75, 3.05) is 12.1 Å². The van der Waals surface area contributed by atoms with E-state index in [9.17, 15) is 18.8 Å². The predicted octanol–water partition coefficient (Wildman–Crippen LogP) is 2.50. The minimum Gasteiger partial charge on any atom is -0.465 e. The Kier molecular flexibility index (Phi) is 5.68. The van der Waals surface area contributed by atoms with Gasteiger partial charge in [-0.2, -0.15) is 0 Å². The molecule has 130 valence electrons. The third-order valence-electron chi connectivity index (χ3n) is 3.20. The van der Waals surface area contributed by atoms with Crippen LogP contribution in [0.15, 0.2) is 42.5 Å². The molecule has 0 aliphatic heterocycles.